The van der Waals surface area contributed by atoms with Crippen LogP contribution in [0, 0.1) is 5.82 Å². The van der Waals surface area contributed by atoms with Crippen LogP contribution < -0.4 is 15.4 Å². The summed E-state index contributed by atoms with van der Waals surface area (Å²) < 4.78 is 47.5. The molecule has 11 heteroatoms. The molecule has 206 valence electrons. The number of ether oxygens (including phenoxy) is 1. The zero-order valence-corrected chi connectivity index (χ0v) is 23.1. The van der Waals surface area contributed by atoms with Crippen molar-refractivity contribution in [3.63, 3.8) is 0 Å². The lowest BCUT2D eigenvalue weighted by atomic mass is 10.1. The summed E-state index contributed by atoms with van der Waals surface area (Å²) in [6, 6.07) is 20.9. The minimum atomic E-state index is -3.00. The number of rotatable bonds is 11. The van der Waals surface area contributed by atoms with Crippen molar-refractivity contribution in [1.29, 1.82) is 0 Å². The normalized spacial score (nSPS) is 11.6. The highest BCUT2D eigenvalue weighted by molar-refractivity contribution is 7.90. The highest BCUT2D eigenvalue weighted by Gasteiger charge is 2.10. The summed E-state index contributed by atoms with van der Waals surface area (Å²) in [4.78, 5) is 9.02. The Bertz CT molecular complexity index is 1760. The summed E-state index contributed by atoms with van der Waals surface area (Å²) in [7, 11) is -3.00. The quantitative estimate of drug-likeness (QED) is 0.179. The van der Waals surface area contributed by atoms with Crippen LogP contribution in [0.1, 0.15) is 11.3 Å². The molecule has 2 heterocycles. The molecule has 0 atom stereocenters. The van der Waals surface area contributed by atoms with Gasteiger partial charge in [0, 0.05) is 35.6 Å². The number of hydrogen-bond donors (Lipinski definition) is 2. The third-order valence-electron chi connectivity index (χ3n) is 5.95. The molecule has 5 aromatic rings. The first-order valence-corrected chi connectivity index (χ1v) is 14.8. The minimum Gasteiger partial charge on any atom is -0.487 e. The van der Waals surface area contributed by atoms with Crippen molar-refractivity contribution in [3.05, 3.63) is 101 Å². The van der Waals surface area contributed by atoms with Crippen molar-refractivity contribution in [3.8, 4) is 17.1 Å². The monoisotopic (exact) mass is 580 g/mol. The summed E-state index contributed by atoms with van der Waals surface area (Å²) in [6.45, 7) is 0.992. The van der Waals surface area contributed by atoms with Gasteiger partial charge in [-0.05, 0) is 66.2 Å². The van der Waals surface area contributed by atoms with Gasteiger partial charge < -0.3 is 19.8 Å². The van der Waals surface area contributed by atoms with Crippen LogP contribution >= 0.6 is 11.6 Å². The van der Waals surface area contributed by atoms with E-state index >= 15 is 0 Å². The molecular formula is C29H26ClFN4O4S. The molecule has 5 rings (SSSR count). The zero-order valence-electron chi connectivity index (χ0n) is 21.5. The first-order valence-electron chi connectivity index (χ1n) is 12.4. The lowest BCUT2D eigenvalue weighted by molar-refractivity contribution is 0.306. The molecular weight excluding hydrogens is 555 g/mol. The Labute approximate surface area is 236 Å². The second-order valence-corrected chi connectivity index (χ2v) is 11.9. The van der Waals surface area contributed by atoms with Gasteiger partial charge in [-0.15, -0.1) is 0 Å². The first-order chi connectivity index (χ1) is 19.2. The predicted octanol–water partition coefficient (Wildman–Crippen LogP) is 6.14. The van der Waals surface area contributed by atoms with Gasteiger partial charge in [-0.1, -0.05) is 23.7 Å². The van der Waals surface area contributed by atoms with Crippen molar-refractivity contribution in [1.82, 2.24) is 15.3 Å². The summed E-state index contributed by atoms with van der Waals surface area (Å²) >= 11 is 6.40. The SMILES string of the molecule is CS(=O)(=O)CCNCc1ccc(-c2ccc3nc(Nc4ccc(OCc5cccc(F)c5)c(Cl)c4)ncc3c2)o1. The Morgan fingerprint density at radius 1 is 1.05 bits per heavy atom. The Hall–Kier alpha value is -3.99. The van der Waals surface area contributed by atoms with Gasteiger partial charge >= 0.3 is 0 Å². The molecule has 2 aromatic heterocycles. The van der Waals surface area contributed by atoms with Crippen LogP contribution in [0.15, 0.2) is 83.4 Å². The standard InChI is InChI=1S/C29H26ClFN4O4S/c1-40(36,37)12-11-32-17-24-7-10-27(39-24)20-5-8-26-21(14-20)16-33-29(35-26)34-23-6-9-28(25(30)15-23)38-18-19-3-2-4-22(31)13-19/h2-10,13-16,32H,11-12,17-18H2,1H3,(H,33,34,35). The van der Waals surface area contributed by atoms with E-state index in [0.717, 1.165) is 16.5 Å². The Morgan fingerprint density at radius 2 is 1.93 bits per heavy atom. The van der Waals surface area contributed by atoms with Gasteiger partial charge in [0.1, 0.15) is 39.5 Å². The third kappa shape index (κ3) is 7.35. The number of benzene rings is 3. The third-order valence-corrected chi connectivity index (χ3v) is 7.19. The molecule has 0 saturated heterocycles. The van der Waals surface area contributed by atoms with Gasteiger partial charge in [0.05, 0.1) is 22.8 Å². The largest absolute Gasteiger partial charge is 0.487 e. The van der Waals surface area contributed by atoms with E-state index in [0.29, 0.717) is 52.6 Å². The van der Waals surface area contributed by atoms with E-state index in [4.69, 9.17) is 20.8 Å². The Morgan fingerprint density at radius 3 is 2.73 bits per heavy atom. The van der Waals surface area contributed by atoms with Crippen LogP contribution in [0.25, 0.3) is 22.2 Å². The van der Waals surface area contributed by atoms with Gasteiger partial charge in [0.25, 0.3) is 0 Å². The molecule has 40 heavy (non-hydrogen) atoms. The number of hydrogen-bond acceptors (Lipinski definition) is 8. The van der Waals surface area contributed by atoms with Crippen molar-refractivity contribution in [2.24, 2.45) is 0 Å². The fourth-order valence-electron chi connectivity index (χ4n) is 3.96. The van der Waals surface area contributed by atoms with Gasteiger partial charge in [0.2, 0.25) is 5.95 Å². The van der Waals surface area contributed by atoms with Crippen molar-refractivity contribution < 1.29 is 22.0 Å². The molecule has 0 saturated carbocycles. The number of sulfone groups is 1. The molecule has 2 N–H and O–H groups in total. The summed E-state index contributed by atoms with van der Waals surface area (Å²) in [5.74, 6) is 2.05. The molecule has 0 unspecified atom stereocenters. The Balaban J connectivity index is 1.21. The van der Waals surface area contributed by atoms with E-state index in [1.807, 2.05) is 30.3 Å². The van der Waals surface area contributed by atoms with Crippen LogP contribution in [-0.4, -0.2) is 36.9 Å². The fraction of sp³-hybridized carbons (Fsp3) is 0.172. The summed E-state index contributed by atoms with van der Waals surface area (Å²) in [6.07, 6.45) is 2.94. The number of aromatic nitrogens is 2. The van der Waals surface area contributed by atoms with Crippen LogP contribution in [0.5, 0.6) is 5.75 Å². The van der Waals surface area contributed by atoms with E-state index in [2.05, 4.69) is 20.6 Å². The molecule has 0 bridgehead atoms. The molecule has 0 fully saturated rings. The van der Waals surface area contributed by atoms with Gasteiger partial charge in [-0.3, -0.25) is 0 Å². The van der Waals surface area contributed by atoms with Crippen molar-refractivity contribution in [2.45, 2.75) is 13.2 Å². The number of halogens is 2. The van der Waals surface area contributed by atoms with Gasteiger partial charge in [-0.2, -0.15) is 0 Å². The van der Waals surface area contributed by atoms with Crippen LogP contribution in [0.4, 0.5) is 16.0 Å². The highest BCUT2D eigenvalue weighted by Crippen LogP contribution is 2.30. The van der Waals surface area contributed by atoms with E-state index in [-0.39, 0.29) is 18.2 Å². The van der Waals surface area contributed by atoms with E-state index in [9.17, 15) is 12.8 Å². The van der Waals surface area contributed by atoms with Gasteiger partial charge in [0.15, 0.2) is 0 Å². The van der Waals surface area contributed by atoms with Gasteiger partial charge in [-0.25, -0.2) is 22.8 Å². The molecule has 0 aliphatic rings. The lowest BCUT2D eigenvalue weighted by Gasteiger charge is -2.11. The van der Waals surface area contributed by atoms with E-state index in [1.54, 1.807) is 36.5 Å². The maximum Gasteiger partial charge on any atom is 0.227 e. The lowest BCUT2D eigenvalue weighted by Crippen LogP contribution is -2.21. The summed E-state index contributed by atoms with van der Waals surface area (Å²) in [5.41, 5.74) is 3.01. The van der Waals surface area contributed by atoms with E-state index < -0.39 is 9.84 Å². The zero-order chi connectivity index (χ0) is 28.1. The number of fused-ring (bicyclic) bond motifs is 1. The summed E-state index contributed by atoms with van der Waals surface area (Å²) in [5, 5.41) is 7.46. The molecule has 0 radical (unpaired) electrons. The molecule has 0 amide bonds. The maximum absolute atomic E-state index is 13.4. The topological polar surface area (TPSA) is 106 Å². The second-order valence-electron chi connectivity index (χ2n) is 9.23. The van der Waals surface area contributed by atoms with Crippen molar-refractivity contribution >= 4 is 44.0 Å². The first kappa shape index (κ1) is 27.6. The predicted molar refractivity (Wildman–Crippen MR) is 154 cm³/mol. The maximum atomic E-state index is 13.4. The van der Waals surface area contributed by atoms with E-state index in [1.165, 1.54) is 18.4 Å². The smallest absolute Gasteiger partial charge is 0.227 e. The fourth-order valence-corrected chi connectivity index (χ4v) is 4.71. The second kappa shape index (κ2) is 12.0. The van der Waals surface area contributed by atoms with Crippen LogP contribution in [0.3, 0.4) is 0 Å². The number of anilines is 2. The number of furan rings is 1. The number of nitrogens with zero attached hydrogens (tertiary/aromatic N) is 2. The van der Waals surface area contributed by atoms with Crippen LogP contribution in [0.2, 0.25) is 5.02 Å². The molecule has 3 aromatic carbocycles. The van der Waals surface area contributed by atoms with Crippen molar-refractivity contribution in [2.75, 3.05) is 23.9 Å². The van der Waals surface area contributed by atoms with Crippen LogP contribution in [-0.2, 0) is 23.0 Å². The highest BCUT2D eigenvalue weighted by atomic mass is 35.5. The Kier molecular flexibility index (Phi) is 8.29. The average Bonchev–Trinajstić information content (AvgIpc) is 3.39. The number of nitrogens with one attached hydrogen (secondary N) is 2. The minimum absolute atomic E-state index is 0.0763. The molecule has 8 nitrogen and oxygen atoms in total. The molecule has 0 aliphatic heterocycles. The average molecular weight is 581 g/mol. The molecule has 0 aliphatic carbocycles. The molecule has 0 spiro atoms.